The number of nitrogens with zero attached hydrogens (tertiary/aromatic N) is 2. The van der Waals surface area contributed by atoms with Gasteiger partial charge < -0.3 is 9.47 Å². The Bertz CT molecular complexity index is 474. The van der Waals surface area contributed by atoms with Crippen LogP contribution in [0.2, 0.25) is 0 Å². The van der Waals surface area contributed by atoms with Gasteiger partial charge in [0.15, 0.2) is 0 Å². The number of methoxy groups -OCH3 is 1. The van der Waals surface area contributed by atoms with Gasteiger partial charge in [-0.25, -0.2) is 0 Å². The minimum absolute atomic E-state index is 0.00104. The summed E-state index contributed by atoms with van der Waals surface area (Å²) in [6, 6.07) is -0.167. The molecular weight excluding hydrogens is 300 g/mol. The number of ether oxygens (including phenoxy) is 2. The molecule has 0 N–H and O–H groups in total. The summed E-state index contributed by atoms with van der Waals surface area (Å²) in [5.74, 6) is -1.06. The van der Waals surface area contributed by atoms with Crippen LogP contribution in [0.15, 0.2) is 0 Å². The highest BCUT2D eigenvalue weighted by Crippen LogP contribution is 2.30. The third-order valence-corrected chi connectivity index (χ3v) is 5.08. The van der Waals surface area contributed by atoms with Crippen molar-refractivity contribution in [3.05, 3.63) is 0 Å². The molecule has 1 fully saturated rings. The molecule has 1 rings (SSSR count). The van der Waals surface area contributed by atoms with Crippen LogP contribution in [0.25, 0.3) is 0 Å². The highest BCUT2D eigenvalue weighted by atomic mass is 32.2. The molecule has 0 aromatic carbocycles. The number of rotatable bonds is 9. The van der Waals surface area contributed by atoms with E-state index in [0.29, 0.717) is 0 Å². The normalized spacial score (nSPS) is 15.3. The third-order valence-electron chi connectivity index (χ3n) is 3.09. The van der Waals surface area contributed by atoms with Gasteiger partial charge in [-0.05, 0) is 19.8 Å². The van der Waals surface area contributed by atoms with Gasteiger partial charge in [-0.15, -0.1) is 0 Å². The number of esters is 2. The van der Waals surface area contributed by atoms with E-state index >= 15 is 0 Å². The molecule has 21 heavy (non-hydrogen) atoms. The van der Waals surface area contributed by atoms with E-state index in [1.54, 1.807) is 6.92 Å². The van der Waals surface area contributed by atoms with Crippen molar-refractivity contribution in [2.45, 2.75) is 32.2 Å². The minimum atomic E-state index is -3.80. The maximum Gasteiger partial charge on any atom is 0.321 e. The quantitative estimate of drug-likeness (QED) is 0.544. The number of hydrogen-bond acceptors (Lipinski definition) is 6. The molecule has 0 heterocycles. The summed E-state index contributed by atoms with van der Waals surface area (Å²) < 4.78 is 36.4. The van der Waals surface area contributed by atoms with Crippen LogP contribution in [0.3, 0.4) is 0 Å². The zero-order valence-electron chi connectivity index (χ0n) is 12.6. The lowest BCUT2D eigenvalue weighted by molar-refractivity contribution is -0.143. The van der Waals surface area contributed by atoms with E-state index < -0.39 is 22.1 Å². The summed E-state index contributed by atoms with van der Waals surface area (Å²) in [7, 11) is -1.18. The molecule has 0 saturated heterocycles. The molecule has 122 valence electrons. The lowest BCUT2D eigenvalue weighted by Gasteiger charge is -2.26. The van der Waals surface area contributed by atoms with E-state index in [2.05, 4.69) is 4.74 Å². The van der Waals surface area contributed by atoms with Gasteiger partial charge in [-0.1, -0.05) is 0 Å². The van der Waals surface area contributed by atoms with E-state index in [9.17, 15) is 18.0 Å². The maximum atomic E-state index is 12.4. The molecule has 0 spiro atoms. The summed E-state index contributed by atoms with van der Waals surface area (Å²) in [6.07, 6.45) is 1.41. The molecule has 8 nitrogen and oxygen atoms in total. The first-order valence-electron chi connectivity index (χ1n) is 6.78. The van der Waals surface area contributed by atoms with Crippen molar-refractivity contribution in [2.75, 3.05) is 33.9 Å². The third kappa shape index (κ3) is 5.25. The average molecular weight is 322 g/mol. The Hall–Kier alpha value is -1.19. The predicted octanol–water partition coefficient (Wildman–Crippen LogP) is -0.246. The lowest BCUT2D eigenvalue weighted by Crippen LogP contribution is -2.46. The molecule has 0 atom stereocenters. The molecule has 1 aliphatic carbocycles. The van der Waals surface area contributed by atoms with Crippen LogP contribution >= 0.6 is 0 Å². The maximum absolute atomic E-state index is 12.4. The molecule has 0 aromatic rings. The molecule has 1 saturated carbocycles. The SMILES string of the molecule is CCOC(=O)CN(C1CC1)S(=O)(=O)N(C)CCC(=O)OC. The molecular formula is C12H22N2O6S. The Morgan fingerprint density at radius 1 is 1.24 bits per heavy atom. The van der Waals surface area contributed by atoms with Gasteiger partial charge in [0.2, 0.25) is 0 Å². The monoisotopic (exact) mass is 322 g/mol. The van der Waals surface area contributed by atoms with Gasteiger partial charge in [0.1, 0.15) is 6.54 Å². The highest BCUT2D eigenvalue weighted by Gasteiger charge is 2.40. The van der Waals surface area contributed by atoms with Gasteiger partial charge >= 0.3 is 11.9 Å². The first-order chi connectivity index (χ1) is 9.82. The standard InChI is InChI=1S/C12H22N2O6S/c1-4-20-12(16)9-14(10-5-6-10)21(17,18)13(2)8-7-11(15)19-3/h10H,4-9H2,1-3H3. The summed E-state index contributed by atoms with van der Waals surface area (Å²) in [5.41, 5.74) is 0. The molecule has 0 bridgehead atoms. The van der Waals surface area contributed by atoms with Gasteiger partial charge in [-0.2, -0.15) is 17.0 Å². The van der Waals surface area contributed by atoms with Crippen molar-refractivity contribution in [2.24, 2.45) is 0 Å². The molecule has 0 aromatic heterocycles. The summed E-state index contributed by atoms with van der Waals surface area (Å²) in [5, 5.41) is 0. The molecule has 9 heteroatoms. The fraction of sp³-hybridized carbons (Fsp3) is 0.833. The first kappa shape index (κ1) is 17.9. The number of carbonyl (C=O) groups is 2. The average Bonchev–Trinajstić information content (AvgIpc) is 3.26. The smallest absolute Gasteiger partial charge is 0.321 e. The van der Waals surface area contributed by atoms with Crippen molar-refractivity contribution in [3.8, 4) is 0 Å². The van der Waals surface area contributed by atoms with Crippen LogP contribution in [0, 0.1) is 0 Å². The van der Waals surface area contributed by atoms with Crippen LogP contribution in [0.5, 0.6) is 0 Å². The van der Waals surface area contributed by atoms with Crippen molar-refractivity contribution >= 4 is 22.1 Å². The summed E-state index contributed by atoms with van der Waals surface area (Å²) in [6.45, 7) is 1.57. The van der Waals surface area contributed by atoms with Gasteiger partial charge in [0.25, 0.3) is 10.2 Å². The second kappa shape index (κ2) is 7.71. The van der Waals surface area contributed by atoms with Crippen LogP contribution in [0.1, 0.15) is 26.2 Å². The minimum Gasteiger partial charge on any atom is -0.469 e. The van der Waals surface area contributed by atoms with E-state index in [4.69, 9.17) is 4.74 Å². The lowest BCUT2D eigenvalue weighted by atomic mass is 10.4. The highest BCUT2D eigenvalue weighted by molar-refractivity contribution is 7.86. The van der Waals surface area contributed by atoms with Gasteiger partial charge in [0.05, 0.1) is 20.1 Å². The van der Waals surface area contributed by atoms with E-state index in [1.807, 2.05) is 0 Å². The fourth-order valence-corrected chi connectivity index (χ4v) is 3.28. The molecule has 0 aliphatic heterocycles. The zero-order valence-corrected chi connectivity index (χ0v) is 13.4. The van der Waals surface area contributed by atoms with Crippen molar-refractivity contribution in [1.29, 1.82) is 0 Å². The van der Waals surface area contributed by atoms with Crippen LogP contribution < -0.4 is 0 Å². The van der Waals surface area contributed by atoms with E-state index in [0.717, 1.165) is 21.5 Å². The van der Waals surface area contributed by atoms with Crippen LogP contribution in [0.4, 0.5) is 0 Å². The van der Waals surface area contributed by atoms with Crippen LogP contribution in [-0.4, -0.2) is 68.9 Å². The summed E-state index contributed by atoms with van der Waals surface area (Å²) >= 11 is 0. The van der Waals surface area contributed by atoms with Crippen LogP contribution in [-0.2, 0) is 29.3 Å². The van der Waals surface area contributed by atoms with Crippen molar-refractivity contribution < 1.29 is 27.5 Å². The largest absolute Gasteiger partial charge is 0.469 e. The topological polar surface area (TPSA) is 93.2 Å². The van der Waals surface area contributed by atoms with Crippen molar-refractivity contribution in [3.63, 3.8) is 0 Å². The Morgan fingerprint density at radius 2 is 1.86 bits per heavy atom. The molecule has 0 amide bonds. The molecule has 0 unspecified atom stereocenters. The van der Waals surface area contributed by atoms with Gasteiger partial charge in [-0.3, -0.25) is 9.59 Å². The Morgan fingerprint density at radius 3 is 2.33 bits per heavy atom. The second-order valence-electron chi connectivity index (χ2n) is 4.74. The zero-order chi connectivity index (χ0) is 16.0. The predicted molar refractivity (Wildman–Crippen MR) is 74.5 cm³/mol. The second-order valence-corrected chi connectivity index (χ2v) is 6.72. The van der Waals surface area contributed by atoms with E-state index in [-0.39, 0.29) is 32.2 Å². The molecule has 1 aliphatic rings. The Labute approximate surface area is 125 Å². The fourth-order valence-electron chi connectivity index (χ4n) is 1.74. The van der Waals surface area contributed by atoms with Gasteiger partial charge in [0, 0.05) is 19.6 Å². The molecule has 0 radical (unpaired) electrons. The number of carbonyl (C=O) groups excluding carboxylic acids is 2. The Kier molecular flexibility index (Phi) is 6.56. The summed E-state index contributed by atoms with van der Waals surface area (Å²) in [4.78, 5) is 22.6. The first-order valence-corrected chi connectivity index (χ1v) is 8.18. The van der Waals surface area contributed by atoms with E-state index in [1.165, 1.54) is 14.2 Å². The van der Waals surface area contributed by atoms with Crippen molar-refractivity contribution in [1.82, 2.24) is 8.61 Å². The number of hydrogen-bond donors (Lipinski definition) is 0. The Balaban J connectivity index is 2.70.